The molecule has 1 aromatic carbocycles. The zero-order valence-corrected chi connectivity index (χ0v) is 12.3. The standard InChI is InChI=1S/C11H6Br2N2O4/c12-6-2-4(3-7(13)8(6)16)1-5-9(17)14-11(19)15-10(5)18/h1-3,16H,(H2,14,15,17,18,19). The summed E-state index contributed by atoms with van der Waals surface area (Å²) in [5.41, 5.74) is 0.315. The highest BCUT2D eigenvalue weighted by atomic mass is 79.9. The van der Waals surface area contributed by atoms with Crippen LogP contribution in [-0.4, -0.2) is 23.0 Å². The maximum Gasteiger partial charge on any atom is 0.328 e. The molecule has 0 unspecified atom stereocenters. The van der Waals surface area contributed by atoms with Crippen LogP contribution in [-0.2, 0) is 9.59 Å². The predicted octanol–water partition coefficient (Wildman–Crippen LogP) is 1.67. The number of hydrogen-bond acceptors (Lipinski definition) is 4. The molecular formula is C11H6Br2N2O4. The average Bonchev–Trinajstić information content (AvgIpc) is 2.30. The lowest BCUT2D eigenvalue weighted by Crippen LogP contribution is -2.51. The van der Waals surface area contributed by atoms with Crippen molar-refractivity contribution in [3.05, 3.63) is 32.2 Å². The van der Waals surface area contributed by atoms with E-state index in [2.05, 4.69) is 31.9 Å². The number of imide groups is 2. The van der Waals surface area contributed by atoms with Crippen LogP contribution in [0.2, 0.25) is 0 Å². The van der Waals surface area contributed by atoms with Crippen molar-refractivity contribution in [2.75, 3.05) is 0 Å². The Bertz CT molecular complexity index is 595. The summed E-state index contributed by atoms with van der Waals surface area (Å²) in [6, 6.07) is 2.22. The summed E-state index contributed by atoms with van der Waals surface area (Å²) < 4.78 is 0.808. The fourth-order valence-corrected chi connectivity index (χ4v) is 2.66. The van der Waals surface area contributed by atoms with Gasteiger partial charge >= 0.3 is 6.03 Å². The van der Waals surface area contributed by atoms with Crippen molar-refractivity contribution >= 4 is 55.8 Å². The van der Waals surface area contributed by atoms with E-state index in [4.69, 9.17) is 0 Å². The molecule has 0 atom stereocenters. The van der Waals surface area contributed by atoms with Gasteiger partial charge in [-0.05, 0) is 55.6 Å². The molecule has 1 aliphatic heterocycles. The van der Waals surface area contributed by atoms with Gasteiger partial charge in [0, 0.05) is 0 Å². The van der Waals surface area contributed by atoms with E-state index < -0.39 is 17.8 Å². The highest BCUT2D eigenvalue weighted by molar-refractivity contribution is 9.11. The van der Waals surface area contributed by atoms with Gasteiger partial charge in [0.05, 0.1) is 8.95 Å². The van der Waals surface area contributed by atoms with Crippen molar-refractivity contribution in [3.8, 4) is 5.75 Å². The van der Waals surface area contributed by atoms with Gasteiger partial charge < -0.3 is 5.11 Å². The van der Waals surface area contributed by atoms with E-state index >= 15 is 0 Å². The molecule has 3 N–H and O–H groups in total. The van der Waals surface area contributed by atoms with Crippen molar-refractivity contribution in [2.45, 2.75) is 0 Å². The SMILES string of the molecule is O=C1NC(=O)C(=Cc2cc(Br)c(O)c(Br)c2)C(=O)N1. The Morgan fingerprint density at radius 1 is 1.00 bits per heavy atom. The second-order valence-corrected chi connectivity index (χ2v) is 5.34. The molecular weight excluding hydrogens is 384 g/mol. The Hall–Kier alpha value is -1.67. The molecule has 2 rings (SSSR count). The van der Waals surface area contributed by atoms with Gasteiger partial charge in [0.2, 0.25) is 0 Å². The van der Waals surface area contributed by atoms with E-state index in [0.29, 0.717) is 14.5 Å². The molecule has 1 heterocycles. The molecule has 0 spiro atoms. The molecule has 0 aromatic heterocycles. The summed E-state index contributed by atoms with van der Waals surface area (Å²) in [5, 5.41) is 13.5. The van der Waals surface area contributed by atoms with Gasteiger partial charge in [0.1, 0.15) is 11.3 Å². The quantitative estimate of drug-likeness (QED) is 0.502. The number of rotatable bonds is 1. The Balaban J connectivity index is 2.43. The van der Waals surface area contributed by atoms with Gasteiger partial charge in [-0.15, -0.1) is 0 Å². The van der Waals surface area contributed by atoms with Gasteiger partial charge in [-0.3, -0.25) is 20.2 Å². The number of benzene rings is 1. The number of amides is 4. The number of carbonyl (C=O) groups is 3. The van der Waals surface area contributed by atoms with Gasteiger partial charge in [0.15, 0.2) is 0 Å². The molecule has 8 heteroatoms. The van der Waals surface area contributed by atoms with Crippen molar-refractivity contribution in [1.82, 2.24) is 10.6 Å². The Kier molecular flexibility index (Phi) is 3.72. The van der Waals surface area contributed by atoms with Crippen LogP contribution in [0.1, 0.15) is 5.56 Å². The summed E-state index contributed by atoms with van der Waals surface area (Å²) in [6.45, 7) is 0. The average molecular weight is 390 g/mol. The molecule has 0 radical (unpaired) electrons. The number of phenols is 1. The Morgan fingerprint density at radius 3 is 1.95 bits per heavy atom. The minimum absolute atomic E-state index is 0.00914. The zero-order valence-electron chi connectivity index (χ0n) is 9.16. The first kappa shape index (κ1) is 13.8. The second-order valence-electron chi connectivity index (χ2n) is 3.63. The highest BCUT2D eigenvalue weighted by Crippen LogP contribution is 2.34. The number of nitrogens with one attached hydrogen (secondary N) is 2. The highest BCUT2D eigenvalue weighted by Gasteiger charge is 2.27. The molecule has 1 saturated heterocycles. The first-order valence-electron chi connectivity index (χ1n) is 4.95. The summed E-state index contributed by atoms with van der Waals surface area (Å²) in [5.74, 6) is -1.53. The minimum atomic E-state index is -0.847. The summed E-state index contributed by atoms with van der Waals surface area (Å²) in [7, 11) is 0. The van der Waals surface area contributed by atoms with E-state index in [9.17, 15) is 19.5 Å². The minimum Gasteiger partial charge on any atom is -0.506 e. The van der Waals surface area contributed by atoms with Gasteiger partial charge in [-0.25, -0.2) is 4.79 Å². The van der Waals surface area contributed by atoms with Crippen LogP contribution < -0.4 is 10.6 Å². The topological polar surface area (TPSA) is 95.5 Å². The number of barbiturate groups is 1. The maximum absolute atomic E-state index is 11.5. The molecule has 19 heavy (non-hydrogen) atoms. The third kappa shape index (κ3) is 2.85. The van der Waals surface area contributed by atoms with Crippen LogP contribution in [0.5, 0.6) is 5.75 Å². The monoisotopic (exact) mass is 388 g/mol. The number of urea groups is 1. The molecule has 1 fully saturated rings. The number of phenolic OH excluding ortho intramolecular Hbond substituents is 1. The van der Waals surface area contributed by atoms with Crippen molar-refractivity contribution in [1.29, 1.82) is 0 Å². The second kappa shape index (κ2) is 5.14. The van der Waals surface area contributed by atoms with Crippen LogP contribution >= 0.6 is 31.9 Å². The molecule has 6 nitrogen and oxygen atoms in total. The van der Waals surface area contributed by atoms with Gasteiger partial charge in [-0.2, -0.15) is 0 Å². The van der Waals surface area contributed by atoms with Crippen LogP contribution in [0.15, 0.2) is 26.7 Å². The van der Waals surface area contributed by atoms with Crippen LogP contribution in [0.25, 0.3) is 6.08 Å². The lowest BCUT2D eigenvalue weighted by molar-refractivity contribution is -0.123. The van der Waals surface area contributed by atoms with E-state index in [1.165, 1.54) is 18.2 Å². The van der Waals surface area contributed by atoms with Crippen molar-refractivity contribution < 1.29 is 19.5 Å². The van der Waals surface area contributed by atoms with Crippen LogP contribution in [0.3, 0.4) is 0 Å². The number of carbonyl (C=O) groups excluding carboxylic acids is 3. The predicted molar refractivity (Wildman–Crippen MR) is 73.2 cm³/mol. The lowest BCUT2D eigenvalue weighted by atomic mass is 10.1. The molecule has 0 aliphatic carbocycles. The molecule has 98 valence electrons. The maximum atomic E-state index is 11.5. The molecule has 1 aliphatic rings. The normalized spacial score (nSPS) is 15.1. The summed E-state index contributed by atoms with van der Waals surface area (Å²) in [4.78, 5) is 33.9. The fourth-order valence-electron chi connectivity index (χ4n) is 1.44. The first-order chi connectivity index (χ1) is 8.88. The summed E-state index contributed by atoms with van der Waals surface area (Å²) in [6.07, 6.45) is 1.31. The third-order valence-electron chi connectivity index (χ3n) is 2.29. The van der Waals surface area contributed by atoms with Crippen molar-refractivity contribution in [3.63, 3.8) is 0 Å². The van der Waals surface area contributed by atoms with Crippen LogP contribution in [0.4, 0.5) is 4.79 Å². The zero-order chi connectivity index (χ0) is 14.2. The van der Waals surface area contributed by atoms with Gasteiger partial charge in [0.25, 0.3) is 11.8 Å². The molecule has 0 saturated carbocycles. The van der Waals surface area contributed by atoms with Crippen molar-refractivity contribution in [2.24, 2.45) is 0 Å². The Morgan fingerprint density at radius 2 is 1.47 bits per heavy atom. The van der Waals surface area contributed by atoms with E-state index in [-0.39, 0.29) is 11.3 Å². The smallest absolute Gasteiger partial charge is 0.328 e. The molecule has 4 amide bonds. The largest absolute Gasteiger partial charge is 0.506 e. The number of hydrogen-bond donors (Lipinski definition) is 3. The van der Waals surface area contributed by atoms with Crippen LogP contribution in [0, 0.1) is 0 Å². The van der Waals surface area contributed by atoms with E-state index in [1.807, 2.05) is 10.6 Å². The van der Waals surface area contributed by atoms with E-state index in [1.54, 1.807) is 0 Å². The first-order valence-corrected chi connectivity index (χ1v) is 6.53. The molecule has 0 bridgehead atoms. The van der Waals surface area contributed by atoms with E-state index in [0.717, 1.165) is 0 Å². The number of aromatic hydroxyl groups is 1. The Labute approximate surface area is 124 Å². The lowest BCUT2D eigenvalue weighted by Gasteiger charge is -2.14. The third-order valence-corrected chi connectivity index (χ3v) is 3.50. The fraction of sp³-hybridized carbons (Fsp3) is 0. The van der Waals surface area contributed by atoms with Gasteiger partial charge in [-0.1, -0.05) is 0 Å². The molecule has 1 aromatic rings. The number of halogens is 2. The summed E-state index contributed by atoms with van der Waals surface area (Å²) >= 11 is 6.27.